The molecule has 1 aromatic carbocycles. The molecule has 1 heteroatoms. The molecule has 0 bridgehead atoms. The van der Waals surface area contributed by atoms with Gasteiger partial charge in [0.1, 0.15) is 0 Å². The summed E-state index contributed by atoms with van der Waals surface area (Å²) in [5, 5.41) is 0. The molecule has 68 valence electrons. The Hall–Kier alpha value is -1.37. The van der Waals surface area contributed by atoms with Crippen LogP contribution in [0.2, 0.25) is 0 Å². The first-order valence-electron chi connectivity index (χ1n) is 4.45. The Labute approximate surface area is 78.7 Å². The van der Waals surface area contributed by atoms with Crippen LogP contribution in [-0.2, 0) is 6.42 Å². The Kier molecular flexibility index (Phi) is 3.44. The molecular weight excluding hydrogens is 160 g/mol. The third-order valence-corrected chi connectivity index (χ3v) is 1.94. The SMILES string of the molecule is C/C=C/Cc1cccc(=O)c(C)c1. The summed E-state index contributed by atoms with van der Waals surface area (Å²) >= 11 is 0. The average molecular weight is 174 g/mol. The summed E-state index contributed by atoms with van der Waals surface area (Å²) in [6, 6.07) is 7.35. The first-order chi connectivity index (χ1) is 6.24. The van der Waals surface area contributed by atoms with Gasteiger partial charge in [-0.05, 0) is 37.5 Å². The predicted octanol–water partition coefficient (Wildman–Crippen LogP) is 2.47. The average Bonchev–Trinajstić information content (AvgIpc) is 2.26. The van der Waals surface area contributed by atoms with Crippen LogP contribution in [0.3, 0.4) is 0 Å². The zero-order valence-electron chi connectivity index (χ0n) is 8.08. The largest absolute Gasteiger partial charge is 0.290 e. The van der Waals surface area contributed by atoms with Crippen molar-refractivity contribution in [2.75, 3.05) is 0 Å². The first kappa shape index (κ1) is 9.72. The molecule has 0 amide bonds. The molecule has 0 fully saturated rings. The molecule has 0 N–H and O–H groups in total. The summed E-state index contributed by atoms with van der Waals surface area (Å²) in [5.74, 6) is 0. The highest BCUT2D eigenvalue weighted by molar-refractivity contribution is 5.22. The van der Waals surface area contributed by atoms with E-state index in [-0.39, 0.29) is 5.43 Å². The highest BCUT2D eigenvalue weighted by atomic mass is 16.1. The molecule has 0 radical (unpaired) electrons. The zero-order valence-corrected chi connectivity index (χ0v) is 8.08. The number of rotatable bonds is 2. The second kappa shape index (κ2) is 4.61. The van der Waals surface area contributed by atoms with Crippen molar-refractivity contribution in [2.24, 2.45) is 0 Å². The summed E-state index contributed by atoms with van der Waals surface area (Å²) in [4.78, 5) is 11.2. The van der Waals surface area contributed by atoms with E-state index in [1.54, 1.807) is 6.07 Å². The second-order valence-electron chi connectivity index (χ2n) is 3.07. The molecule has 1 rings (SSSR count). The Bertz CT molecular complexity index is 364. The lowest BCUT2D eigenvalue weighted by molar-refractivity contribution is 1.26. The van der Waals surface area contributed by atoms with Crippen LogP contribution in [0.1, 0.15) is 18.1 Å². The summed E-state index contributed by atoms with van der Waals surface area (Å²) in [6.45, 7) is 3.84. The fourth-order valence-corrected chi connectivity index (χ4v) is 1.17. The van der Waals surface area contributed by atoms with Gasteiger partial charge in [0.15, 0.2) is 5.43 Å². The second-order valence-corrected chi connectivity index (χ2v) is 3.07. The Morgan fingerprint density at radius 3 is 2.85 bits per heavy atom. The van der Waals surface area contributed by atoms with Crippen LogP contribution in [0.15, 0.2) is 41.2 Å². The van der Waals surface area contributed by atoms with Gasteiger partial charge in [0.2, 0.25) is 0 Å². The fraction of sp³-hybridized carbons (Fsp3) is 0.250. The van der Waals surface area contributed by atoms with E-state index in [4.69, 9.17) is 0 Å². The van der Waals surface area contributed by atoms with Crippen LogP contribution in [0.25, 0.3) is 0 Å². The van der Waals surface area contributed by atoms with Crippen LogP contribution in [-0.4, -0.2) is 0 Å². The molecule has 13 heavy (non-hydrogen) atoms. The molecule has 0 spiro atoms. The number of hydrogen-bond acceptors (Lipinski definition) is 1. The van der Waals surface area contributed by atoms with Gasteiger partial charge in [-0.2, -0.15) is 0 Å². The molecule has 0 aliphatic carbocycles. The van der Waals surface area contributed by atoms with Gasteiger partial charge < -0.3 is 0 Å². The van der Waals surface area contributed by atoms with E-state index in [1.165, 1.54) is 5.56 Å². The minimum Gasteiger partial charge on any atom is -0.290 e. The fourth-order valence-electron chi connectivity index (χ4n) is 1.17. The van der Waals surface area contributed by atoms with E-state index in [1.807, 2.05) is 38.1 Å². The number of hydrogen-bond donors (Lipinski definition) is 0. The quantitative estimate of drug-likeness (QED) is 0.629. The lowest BCUT2D eigenvalue weighted by atomic mass is 10.2. The lowest BCUT2D eigenvalue weighted by Gasteiger charge is -1.90. The molecule has 0 saturated carbocycles. The topological polar surface area (TPSA) is 17.1 Å². The summed E-state index contributed by atoms with van der Waals surface area (Å²) < 4.78 is 0. The standard InChI is InChI=1S/C12H14O/c1-3-4-6-11-7-5-8-12(13)10(2)9-11/h3-5,7-9H,6H2,1-2H3/b4-3+. The van der Waals surface area contributed by atoms with Crippen molar-refractivity contribution in [3.05, 3.63) is 57.8 Å². The molecule has 0 heterocycles. The Morgan fingerprint density at radius 1 is 1.38 bits per heavy atom. The summed E-state index contributed by atoms with van der Waals surface area (Å²) in [5.41, 5.74) is 2.09. The van der Waals surface area contributed by atoms with Gasteiger partial charge in [-0.15, -0.1) is 0 Å². The van der Waals surface area contributed by atoms with Crippen molar-refractivity contribution in [1.29, 1.82) is 0 Å². The molecule has 0 aliphatic rings. The molecule has 0 unspecified atom stereocenters. The van der Waals surface area contributed by atoms with Crippen molar-refractivity contribution in [3.8, 4) is 0 Å². The maximum absolute atomic E-state index is 11.2. The number of allylic oxidation sites excluding steroid dienone is 2. The highest BCUT2D eigenvalue weighted by Gasteiger charge is 1.91. The molecular formula is C12H14O. The summed E-state index contributed by atoms with van der Waals surface area (Å²) in [7, 11) is 0. The maximum atomic E-state index is 11.2. The smallest absolute Gasteiger partial charge is 0.181 e. The Balaban J connectivity index is 3.06. The third-order valence-electron chi connectivity index (χ3n) is 1.94. The van der Waals surface area contributed by atoms with Gasteiger partial charge in [-0.3, -0.25) is 4.79 Å². The number of aryl methyl sites for hydroxylation is 1. The van der Waals surface area contributed by atoms with Crippen LogP contribution in [0.4, 0.5) is 0 Å². The van der Waals surface area contributed by atoms with Crippen LogP contribution >= 0.6 is 0 Å². The minimum absolute atomic E-state index is 0.103. The molecule has 1 nitrogen and oxygen atoms in total. The lowest BCUT2D eigenvalue weighted by Crippen LogP contribution is -1.97. The van der Waals surface area contributed by atoms with E-state index < -0.39 is 0 Å². The van der Waals surface area contributed by atoms with E-state index in [0.29, 0.717) is 0 Å². The van der Waals surface area contributed by atoms with Crippen molar-refractivity contribution in [1.82, 2.24) is 0 Å². The molecule has 0 saturated heterocycles. The van der Waals surface area contributed by atoms with Crippen LogP contribution in [0.5, 0.6) is 0 Å². The van der Waals surface area contributed by atoms with E-state index >= 15 is 0 Å². The van der Waals surface area contributed by atoms with E-state index in [9.17, 15) is 4.79 Å². The first-order valence-corrected chi connectivity index (χ1v) is 4.45. The molecule has 1 aromatic rings. The van der Waals surface area contributed by atoms with Gasteiger partial charge >= 0.3 is 0 Å². The van der Waals surface area contributed by atoms with E-state index in [2.05, 4.69) is 6.08 Å². The maximum Gasteiger partial charge on any atom is 0.181 e. The van der Waals surface area contributed by atoms with Crippen LogP contribution < -0.4 is 5.43 Å². The van der Waals surface area contributed by atoms with Gasteiger partial charge in [0.25, 0.3) is 0 Å². The van der Waals surface area contributed by atoms with Gasteiger partial charge in [0, 0.05) is 0 Å². The Morgan fingerprint density at radius 2 is 2.15 bits per heavy atom. The third kappa shape index (κ3) is 2.86. The van der Waals surface area contributed by atoms with Crippen molar-refractivity contribution >= 4 is 0 Å². The van der Waals surface area contributed by atoms with Gasteiger partial charge in [-0.25, -0.2) is 0 Å². The van der Waals surface area contributed by atoms with Crippen molar-refractivity contribution in [3.63, 3.8) is 0 Å². The zero-order chi connectivity index (χ0) is 9.68. The summed E-state index contributed by atoms with van der Waals surface area (Å²) in [6.07, 6.45) is 4.99. The molecule has 0 aliphatic heterocycles. The molecule has 0 atom stereocenters. The normalized spacial score (nSPS) is 10.6. The van der Waals surface area contributed by atoms with E-state index in [0.717, 1.165) is 12.0 Å². The highest BCUT2D eigenvalue weighted by Crippen LogP contribution is 2.00. The van der Waals surface area contributed by atoms with Crippen molar-refractivity contribution < 1.29 is 0 Å². The minimum atomic E-state index is 0.103. The predicted molar refractivity (Wildman–Crippen MR) is 56.0 cm³/mol. The van der Waals surface area contributed by atoms with Crippen molar-refractivity contribution in [2.45, 2.75) is 20.3 Å². The van der Waals surface area contributed by atoms with Gasteiger partial charge in [-0.1, -0.05) is 30.4 Å². The monoisotopic (exact) mass is 174 g/mol. The van der Waals surface area contributed by atoms with Gasteiger partial charge in [0.05, 0.1) is 0 Å². The molecule has 0 aromatic heterocycles. The van der Waals surface area contributed by atoms with Crippen LogP contribution in [0, 0.1) is 6.92 Å².